The second-order valence-corrected chi connectivity index (χ2v) is 4.64. The van der Waals surface area contributed by atoms with Crippen molar-refractivity contribution in [2.24, 2.45) is 11.7 Å². The normalized spacial score (nSPS) is 29.1. The molecule has 0 aromatic heterocycles. The first kappa shape index (κ1) is 11.0. The predicted molar refractivity (Wildman–Crippen MR) is 57.7 cm³/mol. The van der Waals surface area contributed by atoms with E-state index in [2.05, 4.69) is 25.7 Å². The van der Waals surface area contributed by atoms with Gasteiger partial charge in [-0.1, -0.05) is 20.3 Å². The van der Waals surface area contributed by atoms with Gasteiger partial charge in [0.05, 0.1) is 0 Å². The van der Waals surface area contributed by atoms with Crippen LogP contribution in [0.4, 0.5) is 0 Å². The average molecular weight is 184 g/mol. The minimum absolute atomic E-state index is 0.430. The van der Waals surface area contributed by atoms with Crippen LogP contribution < -0.4 is 5.73 Å². The van der Waals surface area contributed by atoms with Gasteiger partial charge in [-0.2, -0.15) is 0 Å². The third kappa shape index (κ3) is 3.28. The van der Waals surface area contributed by atoms with Crippen molar-refractivity contribution in [3.05, 3.63) is 0 Å². The smallest absolute Gasteiger partial charge is 0.0180 e. The van der Waals surface area contributed by atoms with Crippen molar-refractivity contribution in [2.75, 3.05) is 13.1 Å². The average Bonchev–Trinajstić information content (AvgIpc) is 2.51. The van der Waals surface area contributed by atoms with Crippen LogP contribution in [0.2, 0.25) is 0 Å². The minimum atomic E-state index is 0.430. The lowest BCUT2D eigenvalue weighted by Crippen LogP contribution is -2.34. The second kappa shape index (κ2) is 4.97. The van der Waals surface area contributed by atoms with Gasteiger partial charge in [0.25, 0.3) is 0 Å². The zero-order valence-electron chi connectivity index (χ0n) is 9.29. The first-order valence-electron chi connectivity index (χ1n) is 5.63. The molecule has 0 radical (unpaired) electrons. The fourth-order valence-corrected chi connectivity index (χ4v) is 2.11. The van der Waals surface area contributed by atoms with Crippen LogP contribution in [0.15, 0.2) is 0 Å². The number of rotatable bonds is 4. The van der Waals surface area contributed by atoms with E-state index in [4.69, 9.17) is 5.73 Å². The molecular weight excluding hydrogens is 160 g/mol. The summed E-state index contributed by atoms with van der Waals surface area (Å²) in [5, 5.41) is 0. The number of hydrogen-bond donors (Lipinski definition) is 1. The molecule has 0 saturated carbocycles. The highest BCUT2D eigenvalue weighted by molar-refractivity contribution is 4.81. The van der Waals surface area contributed by atoms with Crippen LogP contribution in [0.5, 0.6) is 0 Å². The molecule has 1 aliphatic rings. The summed E-state index contributed by atoms with van der Waals surface area (Å²) in [4.78, 5) is 2.54. The van der Waals surface area contributed by atoms with Crippen molar-refractivity contribution in [1.82, 2.24) is 4.90 Å². The van der Waals surface area contributed by atoms with E-state index in [0.29, 0.717) is 6.04 Å². The van der Waals surface area contributed by atoms with Gasteiger partial charge in [0.2, 0.25) is 0 Å². The third-order valence-electron chi connectivity index (χ3n) is 3.32. The summed E-state index contributed by atoms with van der Waals surface area (Å²) in [6, 6.07) is 1.16. The number of nitrogens with zero attached hydrogens (tertiary/aromatic N) is 1. The van der Waals surface area contributed by atoms with Crippen molar-refractivity contribution in [3.63, 3.8) is 0 Å². The molecule has 1 saturated heterocycles. The highest BCUT2D eigenvalue weighted by atomic mass is 15.2. The summed E-state index contributed by atoms with van der Waals surface area (Å²) in [6.45, 7) is 9.26. The van der Waals surface area contributed by atoms with Crippen molar-refractivity contribution < 1.29 is 0 Å². The highest BCUT2D eigenvalue weighted by Gasteiger charge is 2.23. The van der Waals surface area contributed by atoms with E-state index < -0.39 is 0 Å². The van der Waals surface area contributed by atoms with Gasteiger partial charge in [0.15, 0.2) is 0 Å². The molecule has 0 aromatic carbocycles. The molecule has 1 rings (SSSR count). The molecular formula is C11H24N2. The predicted octanol–water partition coefficient (Wildman–Crippen LogP) is 1.84. The summed E-state index contributed by atoms with van der Waals surface area (Å²) in [5.74, 6) is 0.854. The van der Waals surface area contributed by atoms with Crippen LogP contribution in [0, 0.1) is 5.92 Å². The lowest BCUT2D eigenvalue weighted by atomic mass is 10.00. The first-order valence-corrected chi connectivity index (χ1v) is 5.63. The van der Waals surface area contributed by atoms with Crippen LogP contribution >= 0.6 is 0 Å². The fraction of sp³-hybridized carbons (Fsp3) is 1.00. The van der Waals surface area contributed by atoms with Gasteiger partial charge >= 0.3 is 0 Å². The van der Waals surface area contributed by atoms with E-state index in [1.165, 1.54) is 25.8 Å². The summed E-state index contributed by atoms with van der Waals surface area (Å²) < 4.78 is 0. The van der Waals surface area contributed by atoms with Crippen molar-refractivity contribution >= 4 is 0 Å². The van der Waals surface area contributed by atoms with E-state index in [-0.39, 0.29) is 0 Å². The van der Waals surface area contributed by atoms with E-state index in [9.17, 15) is 0 Å². The Bertz CT molecular complexity index is 147. The summed E-state index contributed by atoms with van der Waals surface area (Å²) >= 11 is 0. The van der Waals surface area contributed by atoms with Crippen LogP contribution in [-0.4, -0.2) is 30.1 Å². The standard InChI is InChI=1S/C11H24N2/c1-4-9(2)7-10(3)13-6-5-11(12)8-13/h9-11H,4-8,12H2,1-3H3. The van der Waals surface area contributed by atoms with Crippen LogP contribution in [0.25, 0.3) is 0 Å². The maximum Gasteiger partial charge on any atom is 0.0180 e. The van der Waals surface area contributed by atoms with E-state index >= 15 is 0 Å². The highest BCUT2D eigenvalue weighted by Crippen LogP contribution is 2.18. The van der Waals surface area contributed by atoms with Crippen LogP contribution in [-0.2, 0) is 0 Å². The molecule has 1 heterocycles. The molecule has 2 heteroatoms. The number of hydrogen-bond acceptors (Lipinski definition) is 2. The van der Waals surface area contributed by atoms with Gasteiger partial charge in [-0.25, -0.2) is 0 Å². The quantitative estimate of drug-likeness (QED) is 0.722. The molecule has 1 fully saturated rings. The molecule has 0 aromatic rings. The first-order chi connectivity index (χ1) is 6.13. The Morgan fingerprint density at radius 2 is 2.15 bits per heavy atom. The van der Waals surface area contributed by atoms with Gasteiger partial charge in [-0.3, -0.25) is 4.90 Å². The molecule has 2 N–H and O–H groups in total. The monoisotopic (exact) mass is 184 g/mol. The summed E-state index contributed by atoms with van der Waals surface area (Å²) in [7, 11) is 0. The fourth-order valence-electron chi connectivity index (χ4n) is 2.11. The molecule has 0 bridgehead atoms. The van der Waals surface area contributed by atoms with Gasteiger partial charge < -0.3 is 5.73 Å². The number of nitrogens with two attached hydrogens (primary N) is 1. The molecule has 0 amide bonds. The molecule has 3 atom stereocenters. The molecule has 13 heavy (non-hydrogen) atoms. The van der Waals surface area contributed by atoms with E-state index in [1.54, 1.807) is 0 Å². The van der Waals surface area contributed by atoms with Crippen molar-refractivity contribution in [3.8, 4) is 0 Å². The van der Waals surface area contributed by atoms with Crippen molar-refractivity contribution in [2.45, 2.75) is 52.1 Å². The molecule has 78 valence electrons. The summed E-state index contributed by atoms with van der Waals surface area (Å²) in [5.41, 5.74) is 5.88. The Hall–Kier alpha value is -0.0800. The maximum atomic E-state index is 5.88. The molecule has 2 nitrogen and oxygen atoms in total. The zero-order chi connectivity index (χ0) is 9.84. The largest absolute Gasteiger partial charge is 0.326 e. The number of likely N-dealkylation sites (tertiary alicyclic amines) is 1. The Labute approximate surface area is 82.5 Å². The molecule has 0 aliphatic carbocycles. The lowest BCUT2D eigenvalue weighted by molar-refractivity contribution is 0.220. The second-order valence-electron chi connectivity index (χ2n) is 4.64. The Balaban J connectivity index is 2.27. The maximum absolute atomic E-state index is 5.88. The third-order valence-corrected chi connectivity index (χ3v) is 3.32. The SMILES string of the molecule is CCC(C)CC(C)N1CCC(N)C1. The van der Waals surface area contributed by atoms with Gasteiger partial charge in [0, 0.05) is 18.6 Å². The minimum Gasteiger partial charge on any atom is -0.326 e. The molecule has 0 spiro atoms. The van der Waals surface area contributed by atoms with E-state index in [1.807, 2.05) is 0 Å². The molecule has 1 aliphatic heterocycles. The Morgan fingerprint density at radius 1 is 1.46 bits per heavy atom. The van der Waals surface area contributed by atoms with Crippen molar-refractivity contribution in [1.29, 1.82) is 0 Å². The lowest BCUT2D eigenvalue weighted by Gasteiger charge is -2.26. The Morgan fingerprint density at radius 3 is 2.62 bits per heavy atom. The van der Waals surface area contributed by atoms with Gasteiger partial charge in [0.1, 0.15) is 0 Å². The Kier molecular flexibility index (Phi) is 4.20. The molecule has 3 unspecified atom stereocenters. The van der Waals surface area contributed by atoms with Crippen LogP contribution in [0.1, 0.15) is 40.0 Å². The van der Waals surface area contributed by atoms with Gasteiger partial charge in [-0.15, -0.1) is 0 Å². The topological polar surface area (TPSA) is 29.3 Å². The van der Waals surface area contributed by atoms with Crippen LogP contribution in [0.3, 0.4) is 0 Å². The van der Waals surface area contributed by atoms with Gasteiger partial charge in [-0.05, 0) is 32.2 Å². The van der Waals surface area contributed by atoms with E-state index in [0.717, 1.165) is 18.5 Å². The zero-order valence-corrected chi connectivity index (χ0v) is 9.29. The summed E-state index contributed by atoms with van der Waals surface area (Å²) in [6.07, 6.45) is 3.80.